The number of fused-ring (bicyclic) bond motifs is 1. The SMILES string of the molecule is N#CC1=CN=C2SCCN2C1. The maximum atomic E-state index is 8.59. The molecule has 3 nitrogen and oxygen atoms in total. The number of nitriles is 1. The average Bonchev–Trinajstić information content (AvgIpc) is 2.50. The van der Waals surface area contributed by atoms with E-state index in [2.05, 4.69) is 16.0 Å². The van der Waals surface area contributed by atoms with E-state index in [0.717, 1.165) is 29.6 Å². The Bertz CT molecular complexity index is 274. The molecule has 2 aliphatic rings. The summed E-state index contributed by atoms with van der Waals surface area (Å²) in [5.41, 5.74) is 0.760. The molecule has 0 aromatic carbocycles. The Labute approximate surface area is 69.4 Å². The smallest absolute Gasteiger partial charge is 0.164 e. The monoisotopic (exact) mass is 165 g/mol. The molecule has 56 valence electrons. The highest BCUT2D eigenvalue weighted by atomic mass is 32.2. The van der Waals surface area contributed by atoms with Crippen molar-refractivity contribution in [3.8, 4) is 6.07 Å². The van der Waals surface area contributed by atoms with E-state index >= 15 is 0 Å². The molecule has 0 atom stereocenters. The van der Waals surface area contributed by atoms with Gasteiger partial charge in [0, 0.05) is 18.5 Å². The standard InChI is InChI=1S/C7H7N3S/c8-3-6-4-9-7-10(5-6)1-2-11-7/h4H,1-2,5H2. The highest BCUT2D eigenvalue weighted by Crippen LogP contribution is 2.22. The van der Waals surface area contributed by atoms with Crippen LogP contribution >= 0.6 is 11.8 Å². The highest BCUT2D eigenvalue weighted by Gasteiger charge is 2.22. The average molecular weight is 165 g/mol. The quantitative estimate of drug-likeness (QED) is 0.533. The van der Waals surface area contributed by atoms with Gasteiger partial charge in [0.25, 0.3) is 0 Å². The molecule has 0 saturated carbocycles. The van der Waals surface area contributed by atoms with Crippen LogP contribution in [-0.4, -0.2) is 28.9 Å². The van der Waals surface area contributed by atoms with Crippen molar-refractivity contribution < 1.29 is 0 Å². The molecule has 0 bridgehead atoms. The van der Waals surface area contributed by atoms with Gasteiger partial charge < -0.3 is 4.90 Å². The molecular formula is C7H7N3S. The number of hydrogen-bond acceptors (Lipinski definition) is 4. The Kier molecular flexibility index (Phi) is 1.59. The van der Waals surface area contributed by atoms with E-state index in [1.165, 1.54) is 0 Å². The van der Waals surface area contributed by atoms with Crippen molar-refractivity contribution in [2.45, 2.75) is 0 Å². The van der Waals surface area contributed by atoms with E-state index in [1.807, 2.05) is 0 Å². The van der Waals surface area contributed by atoms with Crippen LogP contribution in [-0.2, 0) is 0 Å². The van der Waals surface area contributed by atoms with E-state index < -0.39 is 0 Å². The van der Waals surface area contributed by atoms with Gasteiger partial charge in [0.05, 0.1) is 18.2 Å². The summed E-state index contributed by atoms with van der Waals surface area (Å²) in [5, 5.41) is 9.66. The van der Waals surface area contributed by atoms with Crippen molar-refractivity contribution in [3.63, 3.8) is 0 Å². The second-order valence-electron chi connectivity index (χ2n) is 2.45. The summed E-state index contributed by atoms with van der Waals surface area (Å²) in [6, 6.07) is 2.12. The predicted molar refractivity (Wildman–Crippen MR) is 45.2 cm³/mol. The Balaban J connectivity index is 2.23. The van der Waals surface area contributed by atoms with Crippen molar-refractivity contribution in [2.24, 2.45) is 4.99 Å². The number of thioether (sulfide) groups is 1. The minimum absolute atomic E-state index is 0.752. The van der Waals surface area contributed by atoms with E-state index in [9.17, 15) is 0 Å². The molecule has 0 unspecified atom stereocenters. The summed E-state index contributed by atoms with van der Waals surface area (Å²) in [4.78, 5) is 6.31. The van der Waals surface area contributed by atoms with Crippen LogP contribution in [0.3, 0.4) is 0 Å². The summed E-state index contributed by atoms with van der Waals surface area (Å²) in [6.45, 7) is 1.78. The molecule has 0 aliphatic carbocycles. The van der Waals surface area contributed by atoms with E-state index in [0.29, 0.717) is 0 Å². The molecule has 1 fully saturated rings. The van der Waals surface area contributed by atoms with Crippen LogP contribution in [0.1, 0.15) is 0 Å². The molecule has 2 heterocycles. The first-order chi connectivity index (χ1) is 5.40. The minimum Gasteiger partial charge on any atom is -0.345 e. The summed E-state index contributed by atoms with van der Waals surface area (Å²) in [5.74, 6) is 1.10. The highest BCUT2D eigenvalue weighted by molar-refractivity contribution is 8.14. The van der Waals surface area contributed by atoms with Gasteiger partial charge in [-0.1, -0.05) is 11.8 Å². The lowest BCUT2D eigenvalue weighted by atomic mass is 10.3. The number of hydrogen-bond donors (Lipinski definition) is 0. The number of rotatable bonds is 0. The van der Waals surface area contributed by atoms with Crippen LogP contribution in [0.25, 0.3) is 0 Å². The summed E-state index contributed by atoms with van der Waals surface area (Å²) >= 11 is 1.76. The predicted octanol–water partition coefficient (Wildman–Crippen LogP) is 0.812. The maximum Gasteiger partial charge on any atom is 0.164 e. The van der Waals surface area contributed by atoms with E-state index in [1.54, 1.807) is 18.0 Å². The summed E-state index contributed by atoms with van der Waals surface area (Å²) < 4.78 is 0. The Morgan fingerprint density at radius 2 is 2.64 bits per heavy atom. The molecule has 0 spiro atoms. The summed E-state index contributed by atoms with van der Waals surface area (Å²) in [6.07, 6.45) is 1.67. The van der Waals surface area contributed by atoms with Gasteiger partial charge >= 0.3 is 0 Å². The summed E-state index contributed by atoms with van der Waals surface area (Å²) in [7, 11) is 0. The lowest BCUT2D eigenvalue weighted by Gasteiger charge is -2.19. The van der Waals surface area contributed by atoms with Crippen molar-refractivity contribution in [1.29, 1.82) is 5.26 Å². The van der Waals surface area contributed by atoms with Crippen molar-refractivity contribution >= 4 is 16.9 Å². The van der Waals surface area contributed by atoms with Gasteiger partial charge in [0.1, 0.15) is 0 Å². The second-order valence-corrected chi connectivity index (χ2v) is 3.51. The molecule has 11 heavy (non-hydrogen) atoms. The molecule has 1 saturated heterocycles. The normalized spacial score (nSPS) is 21.9. The molecule has 4 heteroatoms. The maximum absolute atomic E-state index is 8.59. The molecule has 0 N–H and O–H groups in total. The van der Waals surface area contributed by atoms with Crippen LogP contribution in [0, 0.1) is 11.3 Å². The zero-order valence-corrected chi connectivity index (χ0v) is 6.77. The second kappa shape index (κ2) is 2.59. The van der Waals surface area contributed by atoms with Crippen LogP contribution in [0.5, 0.6) is 0 Å². The van der Waals surface area contributed by atoms with Crippen LogP contribution < -0.4 is 0 Å². The van der Waals surface area contributed by atoms with Crippen molar-refractivity contribution in [2.75, 3.05) is 18.8 Å². The Morgan fingerprint density at radius 1 is 1.73 bits per heavy atom. The Hall–Kier alpha value is -0.950. The Morgan fingerprint density at radius 3 is 3.45 bits per heavy atom. The van der Waals surface area contributed by atoms with Crippen LogP contribution in [0.15, 0.2) is 16.8 Å². The molecule has 2 rings (SSSR count). The van der Waals surface area contributed by atoms with Gasteiger partial charge in [-0.15, -0.1) is 0 Å². The number of aliphatic imine (C=N–C) groups is 1. The third-order valence-electron chi connectivity index (χ3n) is 1.70. The number of nitrogens with zero attached hydrogens (tertiary/aromatic N) is 3. The fraction of sp³-hybridized carbons (Fsp3) is 0.429. The van der Waals surface area contributed by atoms with Gasteiger partial charge in [-0.25, -0.2) is 4.99 Å². The van der Waals surface area contributed by atoms with Gasteiger partial charge in [-0.05, 0) is 0 Å². The van der Waals surface area contributed by atoms with E-state index in [-0.39, 0.29) is 0 Å². The lowest BCUT2D eigenvalue weighted by molar-refractivity contribution is 0.499. The number of amidine groups is 1. The third kappa shape index (κ3) is 1.12. The fourth-order valence-electron chi connectivity index (χ4n) is 1.14. The van der Waals surface area contributed by atoms with Crippen molar-refractivity contribution in [1.82, 2.24) is 4.90 Å². The largest absolute Gasteiger partial charge is 0.345 e. The molecule has 0 aromatic rings. The molecule has 0 aromatic heterocycles. The van der Waals surface area contributed by atoms with E-state index in [4.69, 9.17) is 5.26 Å². The topological polar surface area (TPSA) is 39.4 Å². The zero-order valence-electron chi connectivity index (χ0n) is 5.95. The van der Waals surface area contributed by atoms with Gasteiger partial charge in [-0.3, -0.25) is 0 Å². The fourth-order valence-corrected chi connectivity index (χ4v) is 2.10. The first-order valence-corrected chi connectivity index (χ1v) is 4.43. The first-order valence-electron chi connectivity index (χ1n) is 3.45. The molecular weight excluding hydrogens is 158 g/mol. The lowest BCUT2D eigenvalue weighted by Crippen LogP contribution is -2.28. The molecule has 0 amide bonds. The zero-order chi connectivity index (χ0) is 7.68. The molecule has 0 radical (unpaired) electrons. The first kappa shape index (κ1) is 6.74. The van der Waals surface area contributed by atoms with Gasteiger partial charge in [0.2, 0.25) is 0 Å². The van der Waals surface area contributed by atoms with Gasteiger partial charge in [0.15, 0.2) is 5.17 Å². The minimum atomic E-state index is 0.752. The van der Waals surface area contributed by atoms with Gasteiger partial charge in [-0.2, -0.15) is 5.26 Å². The third-order valence-corrected chi connectivity index (χ3v) is 2.71. The van der Waals surface area contributed by atoms with Crippen LogP contribution in [0.4, 0.5) is 0 Å². The van der Waals surface area contributed by atoms with Crippen molar-refractivity contribution in [3.05, 3.63) is 11.8 Å². The van der Waals surface area contributed by atoms with Crippen LogP contribution in [0.2, 0.25) is 0 Å². The molecule has 2 aliphatic heterocycles.